The minimum Gasteiger partial charge on any atom is -0.461 e. The Labute approximate surface area is 137 Å². The highest BCUT2D eigenvalue weighted by Gasteiger charge is 2.18. The Morgan fingerprint density at radius 1 is 1.33 bits per heavy atom. The summed E-state index contributed by atoms with van der Waals surface area (Å²) in [6, 6.07) is 5.68. The van der Waals surface area contributed by atoms with Gasteiger partial charge in [0.2, 0.25) is 11.7 Å². The number of esters is 1. The van der Waals surface area contributed by atoms with Crippen molar-refractivity contribution in [2.45, 2.75) is 13.5 Å². The molecule has 0 aromatic carbocycles. The fourth-order valence-electron chi connectivity index (χ4n) is 1.93. The van der Waals surface area contributed by atoms with Crippen molar-refractivity contribution in [2.24, 2.45) is 0 Å². The van der Waals surface area contributed by atoms with Crippen LogP contribution < -0.4 is 4.90 Å². The van der Waals surface area contributed by atoms with E-state index in [0.29, 0.717) is 17.4 Å². The van der Waals surface area contributed by atoms with Gasteiger partial charge in [0.15, 0.2) is 5.69 Å². The number of carbonyl (C=O) groups excluding carboxylic acids is 1. The van der Waals surface area contributed by atoms with Gasteiger partial charge in [-0.15, -0.1) is 0 Å². The van der Waals surface area contributed by atoms with Crippen LogP contribution in [-0.2, 0) is 11.3 Å². The van der Waals surface area contributed by atoms with Crippen molar-refractivity contribution < 1.29 is 18.5 Å². The van der Waals surface area contributed by atoms with Crippen molar-refractivity contribution in [1.29, 1.82) is 0 Å². The minimum atomic E-state index is -0.531. The summed E-state index contributed by atoms with van der Waals surface area (Å²) >= 11 is 0. The molecule has 3 aromatic rings. The van der Waals surface area contributed by atoms with Gasteiger partial charge in [0, 0.05) is 13.2 Å². The van der Waals surface area contributed by atoms with Crippen LogP contribution in [0, 0.1) is 0 Å². The van der Waals surface area contributed by atoms with Crippen LogP contribution in [0.1, 0.15) is 23.3 Å². The zero-order chi connectivity index (χ0) is 16.9. The predicted octanol–water partition coefficient (Wildman–Crippen LogP) is 1.93. The Morgan fingerprint density at radius 2 is 2.21 bits per heavy atom. The molecular weight excluding hydrogens is 314 g/mol. The van der Waals surface area contributed by atoms with Crippen LogP contribution in [0.3, 0.4) is 0 Å². The number of hydrogen-bond donors (Lipinski definition) is 0. The molecular formula is C15H15N5O4. The lowest BCUT2D eigenvalue weighted by Crippen LogP contribution is -2.17. The molecule has 0 radical (unpaired) electrons. The molecule has 24 heavy (non-hydrogen) atoms. The molecule has 0 saturated carbocycles. The van der Waals surface area contributed by atoms with E-state index in [-0.39, 0.29) is 24.9 Å². The van der Waals surface area contributed by atoms with Gasteiger partial charge in [-0.1, -0.05) is 11.2 Å². The molecule has 0 fully saturated rings. The first-order chi connectivity index (χ1) is 11.7. The Kier molecular flexibility index (Phi) is 4.50. The fourth-order valence-corrected chi connectivity index (χ4v) is 1.93. The molecule has 9 heteroatoms. The average molecular weight is 329 g/mol. The summed E-state index contributed by atoms with van der Waals surface area (Å²) < 4.78 is 15.3. The number of hydrogen-bond acceptors (Lipinski definition) is 9. The smallest absolute Gasteiger partial charge is 0.360 e. The van der Waals surface area contributed by atoms with Gasteiger partial charge in [-0.05, 0) is 19.1 Å². The zero-order valence-electron chi connectivity index (χ0n) is 13.2. The number of rotatable bonds is 6. The molecule has 3 rings (SSSR count). The quantitative estimate of drug-likeness (QED) is 0.627. The van der Waals surface area contributed by atoms with Crippen LogP contribution in [0.4, 0.5) is 6.01 Å². The summed E-state index contributed by atoms with van der Waals surface area (Å²) in [6.45, 7) is 2.26. The first-order valence-corrected chi connectivity index (χ1v) is 7.25. The molecule has 0 unspecified atom stereocenters. The van der Waals surface area contributed by atoms with Crippen LogP contribution in [0.15, 0.2) is 39.6 Å². The topological polar surface area (TPSA) is 107 Å². The first kappa shape index (κ1) is 15.7. The van der Waals surface area contributed by atoms with E-state index < -0.39 is 5.97 Å². The Balaban J connectivity index is 1.68. The van der Waals surface area contributed by atoms with E-state index in [1.165, 1.54) is 6.26 Å². The van der Waals surface area contributed by atoms with Gasteiger partial charge >= 0.3 is 5.97 Å². The average Bonchev–Trinajstić information content (AvgIpc) is 3.25. The second kappa shape index (κ2) is 6.90. The monoisotopic (exact) mass is 329 g/mol. The van der Waals surface area contributed by atoms with Crippen molar-refractivity contribution >= 4 is 12.0 Å². The standard InChI is InChI=1S/C15H15N5O4/c1-3-22-14(21)11-9-23-15(17-11)20(2)8-12-18-13(19-24-12)10-6-4-5-7-16-10/h4-7,9H,3,8H2,1-2H3. The number of oxazole rings is 1. The van der Waals surface area contributed by atoms with Crippen LogP contribution in [-0.4, -0.2) is 39.7 Å². The number of anilines is 1. The van der Waals surface area contributed by atoms with E-state index in [1.54, 1.807) is 31.1 Å². The molecule has 0 amide bonds. The molecule has 0 aliphatic carbocycles. The normalized spacial score (nSPS) is 10.6. The van der Waals surface area contributed by atoms with Gasteiger partial charge in [0.05, 0.1) is 6.61 Å². The van der Waals surface area contributed by atoms with Gasteiger partial charge in [0.25, 0.3) is 6.01 Å². The summed E-state index contributed by atoms with van der Waals surface area (Å²) in [5.74, 6) is 0.240. The van der Waals surface area contributed by atoms with Gasteiger partial charge in [-0.25, -0.2) is 4.79 Å². The molecule has 0 spiro atoms. The number of pyridine rings is 1. The van der Waals surface area contributed by atoms with Crippen LogP contribution in [0.5, 0.6) is 0 Å². The molecule has 0 aliphatic heterocycles. The van der Waals surface area contributed by atoms with Crippen LogP contribution in [0.25, 0.3) is 11.5 Å². The maximum absolute atomic E-state index is 11.6. The van der Waals surface area contributed by atoms with E-state index in [1.807, 2.05) is 12.1 Å². The van der Waals surface area contributed by atoms with Gasteiger partial charge < -0.3 is 18.6 Å². The number of nitrogens with zero attached hydrogens (tertiary/aromatic N) is 5. The maximum Gasteiger partial charge on any atom is 0.360 e. The van der Waals surface area contributed by atoms with E-state index in [2.05, 4.69) is 20.1 Å². The van der Waals surface area contributed by atoms with Crippen molar-refractivity contribution in [1.82, 2.24) is 20.1 Å². The SMILES string of the molecule is CCOC(=O)c1coc(N(C)Cc2nc(-c3ccccn3)no2)n1. The molecule has 3 aromatic heterocycles. The van der Waals surface area contributed by atoms with E-state index >= 15 is 0 Å². The molecule has 0 aliphatic rings. The zero-order valence-corrected chi connectivity index (χ0v) is 13.2. The van der Waals surface area contributed by atoms with Crippen molar-refractivity contribution in [3.63, 3.8) is 0 Å². The lowest BCUT2D eigenvalue weighted by Gasteiger charge is -2.10. The fraction of sp³-hybridized carbons (Fsp3) is 0.267. The van der Waals surface area contributed by atoms with Crippen molar-refractivity contribution in [2.75, 3.05) is 18.6 Å². The highest BCUT2D eigenvalue weighted by Crippen LogP contribution is 2.17. The number of ether oxygens (including phenoxy) is 1. The second-order valence-electron chi connectivity index (χ2n) is 4.82. The summed E-state index contributed by atoms with van der Waals surface area (Å²) in [6.07, 6.45) is 2.90. The van der Waals surface area contributed by atoms with E-state index in [0.717, 1.165) is 0 Å². The first-order valence-electron chi connectivity index (χ1n) is 7.25. The lowest BCUT2D eigenvalue weighted by atomic mass is 10.3. The summed E-state index contributed by atoms with van der Waals surface area (Å²) in [4.78, 5) is 25.7. The van der Waals surface area contributed by atoms with E-state index in [4.69, 9.17) is 13.7 Å². The summed E-state index contributed by atoms with van der Waals surface area (Å²) in [5.41, 5.74) is 0.731. The highest BCUT2D eigenvalue weighted by molar-refractivity contribution is 5.87. The summed E-state index contributed by atoms with van der Waals surface area (Å²) in [7, 11) is 1.73. The van der Waals surface area contributed by atoms with Gasteiger partial charge in [-0.2, -0.15) is 9.97 Å². The highest BCUT2D eigenvalue weighted by atomic mass is 16.5. The molecule has 0 saturated heterocycles. The Morgan fingerprint density at radius 3 is 2.96 bits per heavy atom. The summed E-state index contributed by atoms with van der Waals surface area (Å²) in [5, 5.41) is 3.89. The molecule has 0 bridgehead atoms. The third kappa shape index (κ3) is 3.40. The third-order valence-corrected chi connectivity index (χ3v) is 3.04. The van der Waals surface area contributed by atoms with Crippen LogP contribution in [0.2, 0.25) is 0 Å². The van der Waals surface area contributed by atoms with Gasteiger partial charge in [-0.3, -0.25) is 4.98 Å². The molecule has 3 heterocycles. The Hall–Kier alpha value is -3.23. The number of aromatic nitrogens is 4. The largest absolute Gasteiger partial charge is 0.461 e. The van der Waals surface area contributed by atoms with Crippen molar-refractivity contribution in [3.8, 4) is 11.5 Å². The molecule has 9 nitrogen and oxygen atoms in total. The lowest BCUT2D eigenvalue weighted by molar-refractivity contribution is 0.0519. The number of carbonyl (C=O) groups is 1. The Bertz CT molecular complexity index is 814. The third-order valence-electron chi connectivity index (χ3n) is 3.04. The van der Waals surface area contributed by atoms with Gasteiger partial charge in [0.1, 0.15) is 18.5 Å². The molecule has 0 atom stereocenters. The van der Waals surface area contributed by atoms with E-state index in [9.17, 15) is 4.79 Å². The second-order valence-corrected chi connectivity index (χ2v) is 4.82. The molecule has 0 N–H and O–H groups in total. The predicted molar refractivity (Wildman–Crippen MR) is 82.1 cm³/mol. The maximum atomic E-state index is 11.6. The van der Waals surface area contributed by atoms with Crippen molar-refractivity contribution in [3.05, 3.63) is 42.2 Å². The minimum absolute atomic E-state index is 0.110. The molecule has 124 valence electrons. The van der Waals surface area contributed by atoms with Crippen LogP contribution >= 0.6 is 0 Å².